The normalized spacial score (nSPS) is 31.1. The van der Waals surface area contributed by atoms with Crippen LogP contribution in [0, 0.1) is 4.64 Å². The van der Waals surface area contributed by atoms with Crippen LogP contribution in [0.1, 0.15) is 6.23 Å². The molecule has 8 nitrogen and oxygen atoms in total. The highest BCUT2D eigenvalue weighted by Crippen LogP contribution is 2.30. The average molecular weight is 284 g/mol. The number of H-pyrrole nitrogens is 1. The molecule has 4 atom stereocenters. The lowest BCUT2D eigenvalue weighted by Crippen LogP contribution is -2.33. The summed E-state index contributed by atoms with van der Waals surface area (Å²) in [5, 5.41) is 28.8. The van der Waals surface area contributed by atoms with E-state index in [1.807, 2.05) is 0 Å². The average Bonchev–Trinajstić information content (AvgIpc) is 2.94. The lowest BCUT2D eigenvalue weighted by molar-refractivity contribution is -0.0511. The van der Waals surface area contributed by atoms with E-state index in [1.165, 1.54) is 17.2 Å². The summed E-state index contributed by atoms with van der Waals surface area (Å²) >= 11 is 5.04. The van der Waals surface area contributed by atoms with Crippen molar-refractivity contribution in [1.29, 1.82) is 0 Å². The fourth-order valence-corrected chi connectivity index (χ4v) is 2.38. The van der Waals surface area contributed by atoms with Crippen molar-refractivity contribution in [2.24, 2.45) is 0 Å². The minimum atomic E-state index is -1.16. The second-order valence-electron chi connectivity index (χ2n) is 4.29. The zero-order chi connectivity index (χ0) is 13.6. The maximum atomic E-state index is 9.97. The number of imidazole rings is 1. The van der Waals surface area contributed by atoms with Crippen LogP contribution in [0.4, 0.5) is 0 Å². The minimum Gasteiger partial charge on any atom is -0.394 e. The summed E-state index contributed by atoms with van der Waals surface area (Å²) in [6, 6.07) is 0. The van der Waals surface area contributed by atoms with Gasteiger partial charge in [-0.25, -0.2) is 9.97 Å². The number of hydrogen-bond donors (Lipinski definition) is 4. The molecule has 0 unspecified atom stereocenters. The second-order valence-corrected chi connectivity index (χ2v) is 4.67. The molecule has 1 aliphatic rings. The van der Waals surface area contributed by atoms with Crippen LogP contribution < -0.4 is 0 Å². The molecule has 3 rings (SSSR count). The number of rotatable bonds is 2. The zero-order valence-electron chi connectivity index (χ0n) is 9.67. The molecule has 4 N–H and O–H groups in total. The molecule has 1 saturated heterocycles. The van der Waals surface area contributed by atoms with Crippen molar-refractivity contribution in [3.63, 3.8) is 0 Å². The minimum absolute atomic E-state index is 0.333. The highest BCUT2D eigenvalue weighted by Gasteiger charge is 2.43. The van der Waals surface area contributed by atoms with Gasteiger partial charge in [0.05, 0.1) is 19.3 Å². The number of aromatic amines is 1. The van der Waals surface area contributed by atoms with Crippen molar-refractivity contribution < 1.29 is 20.1 Å². The molecule has 0 radical (unpaired) electrons. The molecule has 0 aliphatic carbocycles. The SMILES string of the molecule is OC[C@@H]1O[C@H](n2cnc3c(=S)nc[nH]c32)[C@H](O)[C@@H]1O. The number of aliphatic hydroxyl groups is 3. The molecular formula is C10H12N4O4S. The molecule has 0 bridgehead atoms. The number of nitrogens with one attached hydrogen (secondary N) is 1. The zero-order valence-corrected chi connectivity index (χ0v) is 10.5. The first kappa shape index (κ1) is 12.6. The Morgan fingerprint density at radius 1 is 1.37 bits per heavy atom. The largest absolute Gasteiger partial charge is 0.394 e. The Morgan fingerprint density at radius 2 is 2.16 bits per heavy atom. The van der Waals surface area contributed by atoms with Crippen molar-refractivity contribution in [3.8, 4) is 0 Å². The molecule has 2 aromatic heterocycles. The van der Waals surface area contributed by atoms with Crippen molar-refractivity contribution in [3.05, 3.63) is 17.3 Å². The van der Waals surface area contributed by atoms with Gasteiger partial charge in [0.25, 0.3) is 0 Å². The summed E-state index contributed by atoms with van der Waals surface area (Å²) < 4.78 is 7.28. The maximum absolute atomic E-state index is 9.97. The molecule has 19 heavy (non-hydrogen) atoms. The molecule has 1 fully saturated rings. The molecule has 1 aliphatic heterocycles. The Kier molecular flexibility index (Phi) is 3.07. The number of aliphatic hydroxyl groups excluding tert-OH is 3. The summed E-state index contributed by atoms with van der Waals surface area (Å²) in [4.78, 5) is 10.9. The molecule has 0 saturated carbocycles. The van der Waals surface area contributed by atoms with Gasteiger partial charge in [-0.2, -0.15) is 0 Å². The third kappa shape index (κ3) is 1.86. The molecule has 0 amide bonds. The van der Waals surface area contributed by atoms with E-state index >= 15 is 0 Å². The highest BCUT2D eigenvalue weighted by atomic mass is 32.1. The van der Waals surface area contributed by atoms with Crippen LogP contribution >= 0.6 is 12.2 Å². The summed E-state index contributed by atoms with van der Waals surface area (Å²) in [6.45, 7) is -0.376. The Labute approximate surface area is 112 Å². The molecule has 3 heterocycles. The van der Waals surface area contributed by atoms with Crippen LogP contribution in [0.25, 0.3) is 11.2 Å². The van der Waals surface area contributed by atoms with Crippen LogP contribution in [0.5, 0.6) is 0 Å². The van der Waals surface area contributed by atoms with Gasteiger partial charge in [-0.3, -0.25) is 4.57 Å². The fourth-order valence-electron chi connectivity index (χ4n) is 2.18. The van der Waals surface area contributed by atoms with E-state index in [4.69, 9.17) is 22.1 Å². The molecule has 2 aromatic rings. The van der Waals surface area contributed by atoms with Crippen molar-refractivity contribution >= 4 is 23.4 Å². The number of ether oxygens (including phenoxy) is 1. The van der Waals surface area contributed by atoms with Gasteiger partial charge in [-0.05, 0) is 0 Å². The fraction of sp³-hybridized carbons (Fsp3) is 0.500. The summed E-state index contributed by atoms with van der Waals surface area (Å²) in [7, 11) is 0. The summed E-state index contributed by atoms with van der Waals surface area (Å²) in [5.74, 6) is 0. The van der Waals surface area contributed by atoms with E-state index in [1.54, 1.807) is 0 Å². The van der Waals surface area contributed by atoms with Gasteiger partial charge in [0.15, 0.2) is 10.9 Å². The van der Waals surface area contributed by atoms with E-state index in [0.717, 1.165) is 0 Å². The van der Waals surface area contributed by atoms with Gasteiger partial charge >= 0.3 is 0 Å². The molecule has 9 heteroatoms. The van der Waals surface area contributed by atoms with Crippen LogP contribution in [-0.4, -0.2) is 59.8 Å². The first-order valence-corrected chi connectivity index (χ1v) is 6.07. The Hall–Kier alpha value is -1.39. The van der Waals surface area contributed by atoms with E-state index < -0.39 is 24.5 Å². The van der Waals surface area contributed by atoms with E-state index in [-0.39, 0.29) is 6.61 Å². The van der Waals surface area contributed by atoms with Crippen molar-refractivity contribution in [1.82, 2.24) is 19.5 Å². The van der Waals surface area contributed by atoms with Crippen LogP contribution in [0.3, 0.4) is 0 Å². The van der Waals surface area contributed by atoms with E-state index in [2.05, 4.69) is 15.0 Å². The molecule has 0 spiro atoms. The van der Waals surface area contributed by atoms with Gasteiger partial charge in [0.1, 0.15) is 29.5 Å². The van der Waals surface area contributed by atoms with Gasteiger partial charge in [-0.15, -0.1) is 0 Å². The molecule has 102 valence electrons. The Balaban J connectivity index is 2.06. The predicted molar refractivity (Wildman–Crippen MR) is 65.7 cm³/mol. The topological polar surface area (TPSA) is 116 Å². The number of hydrogen-bond acceptors (Lipinski definition) is 7. The number of aromatic nitrogens is 4. The lowest BCUT2D eigenvalue weighted by Gasteiger charge is -2.16. The Morgan fingerprint density at radius 3 is 2.84 bits per heavy atom. The molecule has 0 aromatic carbocycles. The monoisotopic (exact) mass is 284 g/mol. The smallest absolute Gasteiger partial charge is 0.165 e. The number of nitrogens with zero attached hydrogens (tertiary/aromatic N) is 3. The van der Waals surface area contributed by atoms with Crippen molar-refractivity contribution in [2.45, 2.75) is 24.5 Å². The quantitative estimate of drug-likeness (QED) is 0.528. The van der Waals surface area contributed by atoms with Crippen LogP contribution in [-0.2, 0) is 4.74 Å². The number of fused-ring (bicyclic) bond motifs is 1. The first-order chi connectivity index (χ1) is 9.13. The second kappa shape index (κ2) is 4.62. The van der Waals surface area contributed by atoms with E-state index in [9.17, 15) is 10.2 Å². The van der Waals surface area contributed by atoms with E-state index in [0.29, 0.717) is 15.8 Å². The lowest BCUT2D eigenvalue weighted by atomic mass is 10.1. The summed E-state index contributed by atoms with van der Waals surface area (Å²) in [6.07, 6.45) is -1.13. The van der Waals surface area contributed by atoms with Gasteiger partial charge < -0.3 is 25.0 Å². The van der Waals surface area contributed by atoms with Crippen molar-refractivity contribution in [2.75, 3.05) is 6.61 Å². The molecular weight excluding hydrogens is 272 g/mol. The van der Waals surface area contributed by atoms with Crippen LogP contribution in [0.15, 0.2) is 12.7 Å². The van der Waals surface area contributed by atoms with Gasteiger partial charge in [0.2, 0.25) is 0 Å². The predicted octanol–water partition coefficient (Wildman–Crippen LogP) is -0.900. The van der Waals surface area contributed by atoms with Crippen LogP contribution in [0.2, 0.25) is 0 Å². The maximum Gasteiger partial charge on any atom is 0.165 e. The standard InChI is InChI=1S/C10H12N4O4S/c15-1-4-6(16)7(17)10(18-4)14-3-13-5-8(14)11-2-12-9(5)19/h2-4,6-7,10,15-17H,1H2,(H,11,12,19)/t4-,6+,7+,10-/m0/s1. The highest BCUT2D eigenvalue weighted by molar-refractivity contribution is 7.71. The Bertz CT molecular complexity index is 656. The van der Waals surface area contributed by atoms with Gasteiger partial charge in [-0.1, -0.05) is 12.2 Å². The summed E-state index contributed by atoms with van der Waals surface area (Å²) in [5.41, 5.74) is 1.02. The van der Waals surface area contributed by atoms with Gasteiger partial charge in [0, 0.05) is 0 Å². The third-order valence-electron chi connectivity index (χ3n) is 3.17. The first-order valence-electron chi connectivity index (χ1n) is 5.66. The third-order valence-corrected chi connectivity index (χ3v) is 3.47.